The second-order valence-electron chi connectivity index (χ2n) is 9.85. The third-order valence-corrected chi connectivity index (χ3v) is 7.98. The molecule has 5 atom stereocenters. The monoisotopic (exact) mass is 403 g/mol. The van der Waals surface area contributed by atoms with Gasteiger partial charge in [0.05, 0.1) is 12.2 Å². The number of aliphatic hydroxyl groups excluding tert-OH is 2. The fourth-order valence-corrected chi connectivity index (χ4v) is 6.07. The summed E-state index contributed by atoms with van der Waals surface area (Å²) in [5.41, 5.74) is 1.63. The number of fused-ring (bicyclic) bond motifs is 1. The van der Waals surface area contributed by atoms with Gasteiger partial charge in [0.1, 0.15) is 0 Å². The van der Waals surface area contributed by atoms with E-state index in [-0.39, 0.29) is 18.1 Å². The number of hydrogen-bond donors (Lipinski definition) is 2. The third-order valence-electron chi connectivity index (χ3n) is 7.98. The summed E-state index contributed by atoms with van der Waals surface area (Å²) in [4.78, 5) is 2.51. The lowest BCUT2D eigenvalue weighted by Gasteiger charge is -2.25. The SMILES string of the molecule is CCN(CC)CCCCCC1=C[C@H]2C[C@@H](O)[C@H](C=C[C@@H](O)C3CCCCC3)[C@H]2C1. The summed E-state index contributed by atoms with van der Waals surface area (Å²) in [6, 6.07) is 0. The van der Waals surface area contributed by atoms with Gasteiger partial charge >= 0.3 is 0 Å². The number of aliphatic hydroxyl groups is 2. The average molecular weight is 404 g/mol. The molecule has 0 aromatic carbocycles. The Morgan fingerprint density at radius 2 is 1.86 bits per heavy atom. The van der Waals surface area contributed by atoms with Crippen molar-refractivity contribution >= 4 is 0 Å². The summed E-state index contributed by atoms with van der Waals surface area (Å²) < 4.78 is 0. The molecule has 0 amide bonds. The van der Waals surface area contributed by atoms with Gasteiger partial charge in [-0.05, 0) is 82.3 Å². The van der Waals surface area contributed by atoms with Gasteiger partial charge in [-0.3, -0.25) is 0 Å². The van der Waals surface area contributed by atoms with E-state index in [1.165, 1.54) is 51.5 Å². The molecule has 0 aliphatic heterocycles. The Kier molecular flexibility index (Phi) is 9.27. The van der Waals surface area contributed by atoms with Crippen molar-refractivity contribution < 1.29 is 10.2 Å². The van der Waals surface area contributed by atoms with Crippen LogP contribution in [0.15, 0.2) is 23.8 Å². The molecule has 2 fully saturated rings. The topological polar surface area (TPSA) is 43.7 Å². The van der Waals surface area contributed by atoms with Crippen LogP contribution in [-0.4, -0.2) is 47.0 Å². The van der Waals surface area contributed by atoms with Crippen LogP contribution in [0.1, 0.15) is 84.5 Å². The van der Waals surface area contributed by atoms with Gasteiger partial charge < -0.3 is 15.1 Å². The highest BCUT2D eigenvalue weighted by Crippen LogP contribution is 2.48. The van der Waals surface area contributed by atoms with E-state index in [0.29, 0.717) is 17.8 Å². The van der Waals surface area contributed by atoms with Gasteiger partial charge in [-0.15, -0.1) is 0 Å². The van der Waals surface area contributed by atoms with Gasteiger partial charge in [0.2, 0.25) is 0 Å². The van der Waals surface area contributed by atoms with Crippen LogP contribution < -0.4 is 0 Å². The minimum Gasteiger partial charge on any atom is -0.392 e. The van der Waals surface area contributed by atoms with Gasteiger partial charge in [-0.1, -0.05) is 63.3 Å². The molecule has 3 aliphatic rings. The average Bonchev–Trinajstić information content (AvgIpc) is 3.26. The second kappa shape index (κ2) is 11.7. The maximum absolute atomic E-state index is 10.6. The lowest BCUT2D eigenvalue weighted by atomic mass is 9.83. The minimum absolute atomic E-state index is 0.230. The largest absolute Gasteiger partial charge is 0.392 e. The molecule has 29 heavy (non-hydrogen) atoms. The summed E-state index contributed by atoms with van der Waals surface area (Å²) in [6.07, 6.45) is 19.5. The first-order valence-corrected chi connectivity index (χ1v) is 12.6. The van der Waals surface area contributed by atoms with Crippen LogP contribution in [0.4, 0.5) is 0 Å². The zero-order valence-corrected chi connectivity index (χ0v) is 18.9. The number of unbranched alkanes of at least 4 members (excludes halogenated alkanes) is 2. The molecule has 3 aliphatic carbocycles. The first-order chi connectivity index (χ1) is 14.1. The Balaban J connectivity index is 1.41. The van der Waals surface area contributed by atoms with Crippen molar-refractivity contribution in [2.24, 2.45) is 23.7 Å². The molecule has 2 saturated carbocycles. The second-order valence-corrected chi connectivity index (χ2v) is 9.85. The molecule has 0 bridgehead atoms. The molecule has 0 saturated heterocycles. The molecule has 0 heterocycles. The highest BCUT2D eigenvalue weighted by atomic mass is 16.3. The third kappa shape index (κ3) is 6.42. The molecule has 0 aromatic heterocycles. The molecule has 3 heteroatoms. The first kappa shape index (κ1) is 23.0. The van der Waals surface area contributed by atoms with Crippen LogP contribution in [0.3, 0.4) is 0 Å². The van der Waals surface area contributed by atoms with Crippen LogP contribution in [-0.2, 0) is 0 Å². The molecule has 166 valence electrons. The van der Waals surface area contributed by atoms with E-state index in [1.807, 2.05) is 6.08 Å². The predicted molar refractivity (Wildman–Crippen MR) is 122 cm³/mol. The van der Waals surface area contributed by atoms with Crippen LogP contribution in [0.25, 0.3) is 0 Å². The van der Waals surface area contributed by atoms with Crippen molar-refractivity contribution in [3.8, 4) is 0 Å². The van der Waals surface area contributed by atoms with E-state index in [2.05, 4.69) is 30.9 Å². The van der Waals surface area contributed by atoms with Crippen molar-refractivity contribution in [2.75, 3.05) is 19.6 Å². The first-order valence-electron chi connectivity index (χ1n) is 12.6. The summed E-state index contributed by atoms with van der Waals surface area (Å²) >= 11 is 0. The van der Waals surface area contributed by atoms with Crippen LogP contribution in [0, 0.1) is 23.7 Å². The Labute approximate surface area is 179 Å². The molecule has 0 spiro atoms. The lowest BCUT2D eigenvalue weighted by Crippen LogP contribution is -2.23. The van der Waals surface area contributed by atoms with Crippen LogP contribution in [0.5, 0.6) is 0 Å². The summed E-state index contributed by atoms with van der Waals surface area (Å²) in [5, 5.41) is 21.2. The van der Waals surface area contributed by atoms with E-state index >= 15 is 0 Å². The van der Waals surface area contributed by atoms with Crippen molar-refractivity contribution in [3.05, 3.63) is 23.8 Å². The zero-order valence-electron chi connectivity index (χ0n) is 18.9. The van der Waals surface area contributed by atoms with Crippen molar-refractivity contribution in [3.63, 3.8) is 0 Å². The van der Waals surface area contributed by atoms with E-state index in [1.54, 1.807) is 5.57 Å². The van der Waals surface area contributed by atoms with Crippen LogP contribution in [0.2, 0.25) is 0 Å². The Morgan fingerprint density at radius 1 is 1.10 bits per heavy atom. The quantitative estimate of drug-likeness (QED) is 0.362. The smallest absolute Gasteiger partial charge is 0.0749 e. The molecule has 0 radical (unpaired) electrons. The molecular weight excluding hydrogens is 358 g/mol. The van der Waals surface area contributed by atoms with Gasteiger partial charge in [0.15, 0.2) is 0 Å². The van der Waals surface area contributed by atoms with E-state index < -0.39 is 0 Å². The minimum atomic E-state index is -0.318. The lowest BCUT2D eigenvalue weighted by molar-refractivity contribution is 0.120. The standard InChI is InChI=1S/C26H45NO2/c1-3-27(4-2)16-10-6-7-11-20-17-22-19-26(29)23(24(22)18-20)14-15-25(28)21-12-8-5-9-13-21/h14-15,17,21-26,28-29H,3-13,16,18-19H2,1-2H3/t22-,23+,24-,25+,26+/m0/s1. The molecule has 0 unspecified atom stereocenters. The molecule has 3 rings (SSSR count). The summed E-state index contributed by atoms with van der Waals surface area (Å²) in [6.45, 7) is 8.06. The Morgan fingerprint density at radius 3 is 2.59 bits per heavy atom. The van der Waals surface area contributed by atoms with Crippen LogP contribution >= 0.6 is 0 Å². The molecule has 3 nitrogen and oxygen atoms in total. The highest BCUT2D eigenvalue weighted by Gasteiger charge is 2.43. The summed E-state index contributed by atoms with van der Waals surface area (Å²) in [5.74, 6) is 1.78. The van der Waals surface area contributed by atoms with Crippen molar-refractivity contribution in [1.29, 1.82) is 0 Å². The van der Waals surface area contributed by atoms with Gasteiger partial charge in [-0.2, -0.15) is 0 Å². The number of nitrogens with zero attached hydrogens (tertiary/aromatic N) is 1. The summed E-state index contributed by atoms with van der Waals surface area (Å²) in [7, 11) is 0. The molecular formula is C26H45NO2. The zero-order chi connectivity index (χ0) is 20.6. The van der Waals surface area contributed by atoms with Gasteiger partial charge in [-0.25, -0.2) is 0 Å². The molecule has 0 aromatic rings. The van der Waals surface area contributed by atoms with E-state index in [0.717, 1.165) is 38.8 Å². The van der Waals surface area contributed by atoms with Gasteiger partial charge in [0.25, 0.3) is 0 Å². The fourth-order valence-electron chi connectivity index (χ4n) is 6.07. The molecule has 2 N–H and O–H groups in total. The Hall–Kier alpha value is -0.640. The highest BCUT2D eigenvalue weighted by molar-refractivity contribution is 5.21. The normalized spacial score (nSPS) is 31.6. The van der Waals surface area contributed by atoms with E-state index in [9.17, 15) is 10.2 Å². The fraction of sp³-hybridized carbons (Fsp3) is 0.846. The van der Waals surface area contributed by atoms with Crippen molar-refractivity contribution in [2.45, 2.75) is 96.7 Å². The van der Waals surface area contributed by atoms with Crippen molar-refractivity contribution in [1.82, 2.24) is 4.90 Å². The maximum atomic E-state index is 10.6. The number of allylic oxidation sites excluding steroid dienone is 2. The number of rotatable bonds is 11. The van der Waals surface area contributed by atoms with E-state index in [4.69, 9.17) is 0 Å². The Bertz CT molecular complexity index is 533. The van der Waals surface area contributed by atoms with Gasteiger partial charge in [0, 0.05) is 5.92 Å². The predicted octanol–water partition coefficient (Wildman–Crippen LogP) is 5.33. The number of hydrogen-bond acceptors (Lipinski definition) is 3. The maximum Gasteiger partial charge on any atom is 0.0749 e.